The molecule has 0 radical (unpaired) electrons. The van der Waals surface area contributed by atoms with Crippen LogP contribution in [0.4, 0.5) is 0 Å². The van der Waals surface area contributed by atoms with E-state index in [0.717, 1.165) is 16.8 Å². The van der Waals surface area contributed by atoms with Gasteiger partial charge in [0, 0.05) is 47.2 Å². The minimum absolute atomic E-state index is 0.0996. The number of hydrogen-bond donors (Lipinski definition) is 3. The molecule has 0 spiro atoms. The number of carbonyl (C=O) groups is 4. The molecule has 1 aliphatic carbocycles. The van der Waals surface area contributed by atoms with Crippen LogP contribution in [0.15, 0.2) is 102 Å². The highest BCUT2D eigenvalue weighted by atomic mass is 35.5. The fourth-order valence-electron chi connectivity index (χ4n) is 9.82. The lowest BCUT2D eigenvalue weighted by Crippen LogP contribution is -2.74. The largest absolute Gasteiger partial charge is 0.491 e. The normalized spacial score (nSPS) is 19.4. The number of nitrogens with one attached hydrogen (secondary N) is 3. The van der Waals surface area contributed by atoms with Crippen molar-refractivity contribution in [2.24, 2.45) is 22.2 Å². The van der Waals surface area contributed by atoms with Crippen molar-refractivity contribution < 1.29 is 42.5 Å². The van der Waals surface area contributed by atoms with Crippen molar-refractivity contribution in [1.82, 2.24) is 25.8 Å². The van der Waals surface area contributed by atoms with Gasteiger partial charge in [-0.05, 0) is 90.9 Å². The summed E-state index contributed by atoms with van der Waals surface area (Å²) in [6.07, 6.45) is 1.70. The minimum Gasteiger partial charge on any atom is -0.491 e. The Morgan fingerprint density at radius 3 is 2.14 bits per heavy atom. The third-order valence-corrected chi connectivity index (χ3v) is 13.6. The molecule has 1 aliphatic heterocycles. The zero-order chi connectivity index (χ0) is 51.3. The molecule has 4 aromatic carbocycles. The van der Waals surface area contributed by atoms with Crippen LogP contribution in [0.2, 0.25) is 5.02 Å². The molecule has 7 rings (SSSR count). The number of aromatic nitrogens is 1. The van der Waals surface area contributed by atoms with Crippen molar-refractivity contribution in [3.63, 3.8) is 0 Å². The predicted molar refractivity (Wildman–Crippen MR) is 268 cm³/mol. The summed E-state index contributed by atoms with van der Waals surface area (Å²) in [7, 11) is 0. The van der Waals surface area contributed by atoms with Gasteiger partial charge in [-0.1, -0.05) is 91.3 Å². The third kappa shape index (κ3) is 12.2. The fraction of sp³-hybridized carbons (Fsp3) is 0.418. The molecule has 1 aromatic heterocycles. The Bertz CT molecular complexity index is 2730. The Kier molecular flexibility index (Phi) is 15.8. The Morgan fingerprint density at radius 2 is 1.54 bits per heavy atom. The highest BCUT2D eigenvalue weighted by Gasteiger charge is 2.64. The van der Waals surface area contributed by atoms with E-state index in [9.17, 15) is 24.4 Å². The molecule has 5 aromatic rings. The van der Waals surface area contributed by atoms with E-state index in [0.29, 0.717) is 64.4 Å². The summed E-state index contributed by atoms with van der Waals surface area (Å²) in [6.45, 7) is 18.4. The zero-order valence-electron chi connectivity index (χ0n) is 41.8. The number of rotatable bonds is 18. The minimum atomic E-state index is -0.892. The van der Waals surface area contributed by atoms with Crippen molar-refractivity contribution in [3.8, 4) is 40.4 Å². The monoisotopic (exact) mass is 986 g/mol. The molecule has 2 fully saturated rings. The van der Waals surface area contributed by atoms with E-state index in [1.165, 1.54) is 6.39 Å². The lowest BCUT2D eigenvalue weighted by molar-refractivity contribution is -0.164. The van der Waals surface area contributed by atoms with E-state index in [-0.39, 0.29) is 55.6 Å². The molecule has 374 valence electrons. The molecule has 1 saturated heterocycles. The number of nitrogens with zero attached hydrogens (tertiary/aromatic N) is 3. The Balaban J connectivity index is 0.823. The molecule has 15 nitrogen and oxygen atoms in total. The molecule has 3 atom stereocenters. The fourth-order valence-corrected chi connectivity index (χ4v) is 10.0. The van der Waals surface area contributed by atoms with Gasteiger partial charge in [0.25, 0.3) is 5.91 Å². The van der Waals surface area contributed by atoms with Gasteiger partial charge >= 0.3 is 0 Å². The molecule has 2 heterocycles. The maximum Gasteiger partial charge on any atom is 0.251 e. The summed E-state index contributed by atoms with van der Waals surface area (Å²) in [4.78, 5) is 60.0. The molecule has 16 heteroatoms. The Morgan fingerprint density at radius 1 is 0.901 bits per heavy atom. The third-order valence-electron chi connectivity index (χ3n) is 13.3. The second kappa shape index (κ2) is 21.6. The summed E-state index contributed by atoms with van der Waals surface area (Å²) in [5.74, 6) is 1.82. The first-order valence-electron chi connectivity index (χ1n) is 23.8. The highest BCUT2D eigenvalue weighted by molar-refractivity contribution is 6.31. The van der Waals surface area contributed by atoms with Crippen LogP contribution in [0.3, 0.4) is 0 Å². The van der Waals surface area contributed by atoms with Crippen LogP contribution < -0.4 is 30.2 Å². The van der Waals surface area contributed by atoms with Crippen LogP contribution in [0.5, 0.6) is 23.0 Å². The van der Waals surface area contributed by atoms with Gasteiger partial charge in [-0.2, -0.15) is 5.26 Å². The van der Waals surface area contributed by atoms with E-state index >= 15 is 0 Å². The number of benzene rings is 4. The number of likely N-dealkylation sites (tertiary alicyclic amines) is 1. The number of amides is 4. The van der Waals surface area contributed by atoms with Gasteiger partial charge in [-0.25, -0.2) is 4.98 Å². The molecule has 2 aliphatic rings. The highest BCUT2D eigenvalue weighted by Crippen LogP contribution is 2.55. The Hall–Kier alpha value is -6.89. The molecular formula is C55H63ClN6O9. The first-order valence-corrected chi connectivity index (χ1v) is 24.2. The predicted octanol–water partition coefficient (Wildman–Crippen LogP) is 9.06. The number of nitriles is 1. The average molecular weight is 988 g/mol. The SMILES string of the molecule is Cc1ncoc1-c1ccc(CNC(=O)[C@@H]2C[C@@H](C)CN2C(=O)[C@@H](NC(=O)COCCOc2ccc(Oc3ccc(C(=O)NC4C(C)(C)C(Oc5ccc(C#N)c(Cl)c5)C4(C)C)cc3)cc2)C(C)(C)C)cc1. The van der Waals surface area contributed by atoms with Gasteiger partial charge in [-0.3, -0.25) is 19.2 Å². The molecule has 71 heavy (non-hydrogen) atoms. The van der Waals surface area contributed by atoms with Gasteiger partial charge in [-0.15, -0.1) is 0 Å². The lowest BCUT2D eigenvalue weighted by Gasteiger charge is -2.63. The van der Waals surface area contributed by atoms with Gasteiger partial charge in [0.05, 0.1) is 22.9 Å². The number of oxazole rings is 1. The smallest absolute Gasteiger partial charge is 0.251 e. The molecule has 0 bridgehead atoms. The summed E-state index contributed by atoms with van der Waals surface area (Å²) in [5.41, 5.74) is 1.99. The van der Waals surface area contributed by atoms with Gasteiger partial charge in [0.1, 0.15) is 60.5 Å². The number of ether oxygens (including phenoxy) is 4. The summed E-state index contributed by atoms with van der Waals surface area (Å²) < 4.78 is 29.3. The van der Waals surface area contributed by atoms with Crippen molar-refractivity contribution in [1.29, 1.82) is 5.26 Å². The number of carbonyl (C=O) groups excluding carboxylic acids is 4. The van der Waals surface area contributed by atoms with Crippen molar-refractivity contribution >= 4 is 35.2 Å². The maximum atomic E-state index is 14.1. The zero-order valence-corrected chi connectivity index (χ0v) is 42.5. The van der Waals surface area contributed by atoms with E-state index in [1.807, 2.05) is 58.9 Å². The average Bonchev–Trinajstić information content (AvgIpc) is 3.95. The van der Waals surface area contributed by atoms with Crippen LogP contribution in [0.1, 0.15) is 89.0 Å². The summed E-state index contributed by atoms with van der Waals surface area (Å²) in [6, 6.07) is 26.9. The van der Waals surface area contributed by atoms with E-state index < -0.39 is 34.2 Å². The van der Waals surface area contributed by atoms with Crippen LogP contribution in [-0.4, -0.2) is 84.1 Å². The van der Waals surface area contributed by atoms with Gasteiger partial charge in [0.15, 0.2) is 12.2 Å². The topological polar surface area (TPSA) is 194 Å². The van der Waals surface area contributed by atoms with Crippen LogP contribution in [0, 0.1) is 40.4 Å². The second-order valence-electron chi connectivity index (χ2n) is 20.7. The molecule has 0 unspecified atom stereocenters. The lowest BCUT2D eigenvalue weighted by atomic mass is 9.49. The van der Waals surface area contributed by atoms with E-state index in [1.54, 1.807) is 71.6 Å². The number of hydrogen-bond acceptors (Lipinski definition) is 11. The first kappa shape index (κ1) is 51.9. The van der Waals surface area contributed by atoms with Crippen LogP contribution >= 0.6 is 11.6 Å². The Labute approximate surface area is 420 Å². The molecule has 3 N–H and O–H groups in total. The first-order chi connectivity index (χ1) is 33.6. The number of halogens is 1. The molecular weight excluding hydrogens is 924 g/mol. The van der Waals surface area contributed by atoms with E-state index in [2.05, 4.69) is 54.7 Å². The second-order valence-corrected chi connectivity index (χ2v) is 21.1. The van der Waals surface area contributed by atoms with Crippen molar-refractivity contribution in [2.75, 3.05) is 26.4 Å². The van der Waals surface area contributed by atoms with Crippen molar-refractivity contribution in [2.45, 2.75) is 99.5 Å². The van der Waals surface area contributed by atoms with E-state index in [4.69, 9.17) is 35.0 Å². The summed E-state index contributed by atoms with van der Waals surface area (Å²) in [5, 5.41) is 18.6. The van der Waals surface area contributed by atoms with Crippen molar-refractivity contribution in [3.05, 3.63) is 125 Å². The standard InChI is InChI=1S/C55H63ClN6O9/c1-33-26-44(49(65)58-29-35-10-12-36(13-11-35)46-34(2)59-32-69-46)62(30-33)50(66)47(53(3,4)5)60-45(63)31-67-24-25-68-39-20-22-41(23-21-39)70-40-17-14-37(15-18-40)48(64)61-51-54(6,7)52(55(51,8)9)71-42-19-16-38(28-57)43(56)27-42/h10-23,27,32-33,44,47,51-52H,24-26,29-31H2,1-9H3,(H,58,65)(H,60,63)(H,61,64)/t33-,44+,47-,51?,52?/m1/s1. The van der Waals surface area contributed by atoms with Crippen LogP contribution in [-0.2, 0) is 25.7 Å². The molecule has 1 saturated carbocycles. The van der Waals surface area contributed by atoms with Crippen LogP contribution in [0.25, 0.3) is 11.3 Å². The number of aryl methyl sites for hydroxylation is 1. The summed E-state index contributed by atoms with van der Waals surface area (Å²) >= 11 is 6.24. The van der Waals surface area contributed by atoms with Gasteiger partial charge < -0.3 is 44.2 Å². The maximum absolute atomic E-state index is 14.1. The van der Waals surface area contributed by atoms with Gasteiger partial charge in [0.2, 0.25) is 17.7 Å². The molecule has 4 amide bonds. The quantitative estimate of drug-likeness (QED) is 0.0709.